The number of amides is 3. The zero-order valence-electron chi connectivity index (χ0n) is 19.0. The third kappa shape index (κ3) is 5.97. The Morgan fingerprint density at radius 1 is 1.27 bits per heavy atom. The summed E-state index contributed by atoms with van der Waals surface area (Å²) in [5, 5.41) is 2.83. The summed E-state index contributed by atoms with van der Waals surface area (Å²) in [6.07, 6.45) is 0.280. The monoisotopic (exact) mass is 469 g/mol. The molecule has 1 aromatic carbocycles. The van der Waals surface area contributed by atoms with Gasteiger partial charge in [-0.25, -0.2) is 19.5 Å². The Balaban J connectivity index is 1.59. The molecule has 11 heteroatoms. The van der Waals surface area contributed by atoms with Crippen LogP contribution in [0.25, 0.3) is 0 Å². The molecule has 4 atom stereocenters. The summed E-state index contributed by atoms with van der Waals surface area (Å²) in [6, 6.07) is 4.72. The molecule has 2 unspecified atom stereocenters. The maximum Gasteiger partial charge on any atom is 0.320 e. The van der Waals surface area contributed by atoms with Gasteiger partial charge in [0.05, 0.1) is 25.3 Å². The molecule has 0 bridgehead atoms. The van der Waals surface area contributed by atoms with Crippen LogP contribution in [0, 0.1) is 0 Å². The lowest BCUT2D eigenvalue weighted by Gasteiger charge is -2.39. The van der Waals surface area contributed by atoms with E-state index in [2.05, 4.69) is 10.2 Å². The van der Waals surface area contributed by atoms with E-state index in [0.717, 1.165) is 19.4 Å². The van der Waals surface area contributed by atoms with Gasteiger partial charge in [-0.2, -0.15) is 0 Å². The molecule has 5 N–H and O–H groups in total. The number of hydrogen-bond acceptors (Lipinski definition) is 6. The molecule has 3 rings (SSSR count). The van der Waals surface area contributed by atoms with Crippen molar-refractivity contribution in [3.63, 3.8) is 0 Å². The van der Waals surface area contributed by atoms with Crippen LogP contribution in [0.3, 0.4) is 0 Å². The van der Waals surface area contributed by atoms with E-state index < -0.39 is 18.1 Å². The number of likely N-dealkylation sites (tertiary alicyclic amines) is 1. The number of halogens is 2. The van der Waals surface area contributed by atoms with Gasteiger partial charge < -0.3 is 25.6 Å². The minimum absolute atomic E-state index is 0.0229. The molecule has 3 amide bonds. The highest BCUT2D eigenvalue weighted by atomic mass is 19.3. The Bertz CT molecular complexity index is 820. The van der Waals surface area contributed by atoms with Crippen molar-refractivity contribution in [3.05, 3.63) is 35.4 Å². The second-order valence-electron chi connectivity index (χ2n) is 8.76. The van der Waals surface area contributed by atoms with E-state index in [1.807, 2.05) is 11.8 Å². The molecular formula is C22H33F2N5O4. The molecule has 0 aliphatic carbocycles. The highest BCUT2D eigenvalue weighted by Crippen LogP contribution is 2.29. The SMILES string of the molecule is CC1CCCN1C(=O)N1CCOC[C@@H]1CNC(=O)c1ccc([C@H](N)C(ON)C(C)(F)F)cc1. The second kappa shape index (κ2) is 10.7. The molecule has 0 saturated carbocycles. The number of morpholine rings is 1. The van der Waals surface area contributed by atoms with Crippen LogP contribution < -0.4 is 16.9 Å². The lowest BCUT2D eigenvalue weighted by Crippen LogP contribution is -2.57. The largest absolute Gasteiger partial charge is 0.377 e. The summed E-state index contributed by atoms with van der Waals surface area (Å²) in [4.78, 5) is 33.7. The van der Waals surface area contributed by atoms with Crippen LogP contribution in [0.2, 0.25) is 0 Å². The molecule has 0 spiro atoms. The van der Waals surface area contributed by atoms with Gasteiger partial charge >= 0.3 is 6.03 Å². The quantitative estimate of drug-likeness (QED) is 0.522. The zero-order valence-corrected chi connectivity index (χ0v) is 19.0. The minimum atomic E-state index is -3.23. The van der Waals surface area contributed by atoms with Crippen molar-refractivity contribution in [2.45, 2.75) is 56.8 Å². The molecule has 2 aliphatic heterocycles. The summed E-state index contributed by atoms with van der Waals surface area (Å²) in [6.45, 7) is 4.98. The number of nitrogens with one attached hydrogen (secondary N) is 1. The van der Waals surface area contributed by atoms with Gasteiger partial charge in [0.1, 0.15) is 0 Å². The van der Waals surface area contributed by atoms with Gasteiger partial charge in [0, 0.05) is 38.2 Å². The van der Waals surface area contributed by atoms with Gasteiger partial charge in [-0.05, 0) is 37.5 Å². The molecule has 1 aromatic rings. The van der Waals surface area contributed by atoms with E-state index >= 15 is 0 Å². The lowest BCUT2D eigenvalue weighted by atomic mass is 9.97. The number of nitrogens with two attached hydrogens (primary N) is 2. The van der Waals surface area contributed by atoms with Crippen LogP contribution in [0.5, 0.6) is 0 Å². The van der Waals surface area contributed by atoms with E-state index in [1.54, 1.807) is 4.90 Å². The molecule has 0 aromatic heterocycles. The molecule has 2 saturated heterocycles. The van der Waals surface area contributed by atoms with E-state index in [4.69, 9.17) is 16.4 Å². The highest BCUT2D eigenvalue weighted by Gasteiger charge is 2.40. The van der Waals surface area contributed by atoms with Crippen molar-refractivity contribution in [1.82, 2.24) is 15.1 Å². The third-order valence-electron chi connectivity index (χ3n) is 6.30. The number of ether oxygens (including phenoxy) is 1. The van der Waals surface area contributed by atoms with Gasteiger partial charge in [0.2, 0.25) is 0 Å². The van der Waals surface area contributed by atoms with Crippen molar-refractivity contribution in [1.29, 1.82) is 0 Å². The number of carbonyl (C=O) groups is 2. The third-order valence-corrected chi connectivity index (χ3v) is 6.30. The summed E-state index contributed by atoms with van der Waals surface area (Å²) in [5.41, 5.74) is 6.58. The van der Waals surface area contributed by atoms with Crippen LogP contribution in [-0.2, 0) is 9.57 Å². The van der Waals surface area contributed by atoms with E-state index in [9.17, 15) is 18.4 Å². The van der Waals surface area contributed by atoms with Crippen LogP contribution in [0.4, 0.5) is 13.6 Å². The molecule has 2 fully saturated rings. The maximum atomic E-state index is 13.6. The van der Waals surface area contributed by atoms with E-state index in [-0.39, 0.29) is 30.6 Å². The van der Waals surface area contributed by atoms with Crippen LogP contribution in [0.1, 0.15) is 48.7 Å². The predicted octanol–water partition coefficient (Wildman–Crippen LogP) is 1.64. The van der Waals surface area contributed by atoms with Crippen molar-refractivity contribution in [3.8, 4) is 0 Å². The standard InChI is InChI=1S/C22H33F2N5O4/c1-14-4-3-9-28(14)21(31)29-10-11-32-13-17(29)12-27-20(30)16-7-5-15(6-8-16)18(25)19(33-26)22(2,23)24/h5-8,14,17-19H,3-4,9-13,25-26H2,1-2H3,(H,27,30)/t14?,17-,18-,19?/m0/s1. The van der Waals surface area contributed by atoms with Crippen LogP contribution in [-0.4, -0.2) is 78.7 Å². The molecule has 184 valence electrons. The summed E-state index contributed by atoms with van der Waals surface area (Å²) < 4.78 is 32.8. The van der Waals surface area contributed by atoms with Crippen molar-refractivity contribution in [2.75, 3.05) is 32.8 Å². The number of nitrogens with zero attached hydrogens (tertiary/aromatic N) is 2. The van der Waals surface area contributed by atoms with Crippen LogP contribution in [0.15, 0.2) is 24.3 Å². The van der Waals surface area contributed by atoms with Gasteiger partial charge in [-0.15, -0.1) is 0 Å². The number of rotatable bonds is 7. The van der Waals surface area contributed by atoms with Gasteiger partial charge in [0.25, 0.3) is 11.8 Å². The summed E-state index contributed by atoms with van der Waals surface area (Å²) >= 11 is 0. The normalized spacial score (nSPS) is 23.3. The minimum Gasteiger partial charge on any atom is -0.377 e. The average Bonchev–Trinajstić information content (AvgIpc) is 3.22. The smallest absolute Gasteiger partial charge is 0.320 e. The van der Waals surface area contributed by atoms with Gasteiger partial charge in [-0.1, -0.05) is 12.1 Å². The first-order valence-electron chi connectivity index (χ1n) is 11.2. The van der Waals surface area contributed by atoms with Gasteiger partial charge in [0.15, 0.2) is 6.10 Å². The average molecular weight is 470 g/mol. The van der Waals surface area contributed by atoms with E-state index in [0.29, 0.717) is 37.8 Å². The van der Waals surface area contributed by atoms with Crippen molar-refractivity contribution >= 4 is 11.9 Å². The fourth-order valence-corrected chi connectivity index (χ4v) is 4.32. The Kier molecular flexibility index (Phi) is 8.22. The zero-order chi connectivity index (χ0) is 24.2. The van der Waals surface area contributed by atoms with Gasteiger partial charge in [-0.3, -0.25) is 9.63 Å². The summed E-state index contributed by atoms with van der Waals surface area (Å²) in [5.74, 6) is 1.41. The highest BCUT2D eigenvalue weighted by molar-refractivity contribution is 5.94. The number of benzene rings is 1. The fourth-order valence-electron chi connectivity index (χ4n) is 4.32. The Labute approximate surface area is 192 Å². The first kappa shape index (κ1) is 25.3. The second-order valence-corrected chi connectivity index (χ2v) is 8.76. The lowest BCUT2D eigenvalue weighted by molar-refractivity contribution is -0.137. The number of alkyl halides is 2. The molecule has 0 radical (unpaired) electrons. The topological polar surface area (TPSA) is 123 Å². The molecule has 33 heavy (non-hydrogen) atoms. The van der Waals surface area contributed by atoms with Crippen molar-refractivity contribution in [2.24, 2.45) is 11.6 Å². The summed E-state index contributed by atoms with van der Waals surface area (Å²) in [7, 11) is 0. The molecule has 2 heterocycles. The Hall–Kier alpha value is -2.34. The fraction of sp³-hybridized carbons (Fsp3) is 0.636. The predicted molar refractivity (Wildman–Crippen MR) is 117 cm³/mol. The van der Waals surface area contributed by atoms with Crippen molar-refractivity contribution < 1.29 is 27.9 Å². The maximum absolute atomic E-state index is 13.6. The Morgan fingerprint density at radius 2 is 1.97 bits per heavy atom. The molecule has 9 nitrogen and oxygen atoms in total. The first-order valence-corrected chi connectivity index (χ1v) is 11.2. The van der Waals surface area contributed by atoms with Crippen LogP contribution >= 0.6 is 0 Å². The molecule has 2 aliphatic rings. The number of hydrogen-bond donors (Lipinski definition) is 3. The molecular weight excluding hydrogens is 436 g/mol. The number of urea groups is 1. The van der Waals surface area contributed by atoms with E-state index in [1.165, 1.54) is 24.3 Å². The first-order chi connectivity index (χ1) is 15.6. The number of carbonyl (C=O) groups excluding carboxylic acids is 2. The Morgan fingerprint density at radius 3 is 2.55 bits per heavy atom.